The van der Waals surface area contributed by atoms with Gasteiger partial charge in [0, 0.05) is 25.6 Å². The number of aryl methyl sites for hydroxylation is 1. The molecule has 0 bridgehead atoms. The van der Waals surface area contributed by atoms with E-state index >= 15 is 0 Å². The van der Waals surface area contributed by atoms with Gasteiger partial charge in [-0.3, -0.25) is 14.6 Å². The van der Waals surface area contributed by atoms with Gasteiger partial charge in [-0.1, -0.05) is 6.92 Å². The summed E-state index contributed by atoms with van der Waals surface area (Å²) in [5, 5.41) is 7.55. The topological polar surface area (TPSA) is 55.6 Å². The molecule has 16 heavy (non-hydrogen) atoms. The minimum absolute atomic E-state index is 0.0474. The van der Waals surface area contributed by atoms with E-state index in [-0.39, 0.29) is 6.04 Å². The summed E-state index contributed by atoms with van der Waals surface area (Å²) < 4.78 is 1.85. The molecule has 1 atom stereocenters. The lowest BCUT2D eigenvalue weighted by Gasteiger charge is -2.16. The van der Waals surface area contributed by atoms with Crippen LogP contribution in [0, 0.1) is 0 Å². The zero-order valence-electron chi connectivity index (χ0n) is 9.46. The van der Waals surface area contributed by atoms with E-state index in [1.807, 2.05) is 17.8 Å². The van der Waals surface area contributed by atoms with Crippen molar-refractivity contribution in [3.05, 3.63) is 42.2 Å². The molecule has 84 valence electrons. The van der Waals surface area contributed by atoms with Crippen LogP contribution in [0.15, 0.2) is 30.9 Å². The fraction of sp³-hybridized carbons (Fsp3) is 0.364. The lowest BCUT2D eigenvalue weighted by atomic mass is 10.1. The number of rotatable bonds is 4. The van der Waals surface area contributed by atoms with Crippen molar-refractivity contribution >= 4 is 0 Å². The van der Waals surface area contributed by atoms with Crippen molar-refractivity contribution in [2.75, 3.05) is 6.54 Å². The third-order valence-corrected chi connectivity index (χ3v) is 2.44. The van der Waals surface area contributed by atoms with Gasteiger partial charge in [0.15, 0.2) is 0 Å². The quantitative estimate of drug-likeness (QED) is 0.827. The average molecular weight is 217 g/mol. The van der Waals surface area contributed by atoms with Crippen LogP contribution >= 0.6 is 0 Å². The van der Waals surface area contributed by atoms with Crippen LogP contribution < -0.4 is 5.32 Å². The number of nitrogens with zero attached hydrogens (tertiary/aromatic N) is 4. The second kappa shape index (κ2) is 4.85. The van der Waals surface area contributed by atoms with Gasteiger partial charge in [0.25, 0.3) is 0 Å². The van der Waals surface area contributed by atoms with E-state index in [2.05, 4.69) is 27.3 Å². The first kappa shape index (κ1) is 10.8. The Morgan fingerprint density at radius 3 is 2.81 bits per heavy atom. The number of hydrogen-bond acceptors (Lipinski definition) is 4. The maximum absolute atomic E-state index is 4.33. The molecule has 0 spiro atoms. The molecule has 0 aliphatic rings. The van der Waals surface area contributed by atoms with Crippen LogP contribution in [0.25, 0.3) is 0 Å². The van der Waals surface area contributed by atoms with Crippen molar-refractivity contribution in [1.29, 1.82) is 0 Å². The maximum atomic E-state index is 4.33. The fourth-order valence-electron chi connectivity index (χ4n) is 1.69. The molecule has 5 nitrogen and oxygen atoms in total. The molecular weight excluding hydrogens is 202 g/mol. The van der Waals surface area contributed by atoms with Crippen LogP contribution in [0.3, 0.4) is 0 Å². The van der Waals surface area contributed by atoms with Crippen LogP contribution in [0.5, 0.6) is 0 Å². The molecule has 1 N–H and O–H groups in total. The first-order valence-corrected chi connectivity index (χ1v) is 5.30. The highest BCUT2D eigenvalue weighted by Crippen LogP contribution is 2.18. The van der Waals surface area contributed by atoms with Crippen LogP contribution in [0.1, 0.15) is 24.4 Å². The average Bonchev–Trinajstić information content (AvgIpc) is 2.73. The smallest absolute Gasteiger partial charge is 0.0937 e. The predicted octanol–water partition coefficient (Wildman–Crippen LogP) is 0.909. The van der Waals surface area contributed by atoms with Crippen LogP contribution in [-0.4, -0.2) is 26.3 Å². The van der Waals surface area contributed by atoms with Gasteiger partial charge < -0.3 is 5.32 Å². The van der Waals surface area contributed by atoms with Crippen LogP contribution in [0.2, 0.25) is 0 Å². The van der Waals surface area contributed by atoms with Gasteiger partial charge in [0.05, 0.1) is 23.6 Å². The Balaban J connectivity index is 2.35. The highest BCUT2D eigenvalue weighted by atomic mass is 15.3. The minimum atomic E-state index is 0.0474. The molecule has 0 aromatic carbocycles. The van der Waals surface area contributed by atoms with E-state index in [0.717, 1.165) is 17.9 Å². The van der Waals surface area contributed by atoms with Crippen molar-refractivity contribution in [2.24, 2.45) is 7.05 Å². The Hall–Kier alpha value is -1.75. The Morgan fingerprint density at radius 2 is 2.25 bits per heavy atom. The molecule has 0 fully saturated rings. The molecule has 1 unspecified atom stereocenters. The third kappa shape index (κ3) is 2.09. The predicted molar refractivity (Wildman–Crippen MR) is 60.8 cm³/mol. The summed E-state index contributed by atoms with van der Waals surface area (Å²) in [6.07, 6.45) is 6.95. The van der Waals surface area contributed by atoms with Gasteiger partial charge in [-0.2, -0.15) is 5.10 Å². The van der Waals surface area contributed by atoms with E-state index in [9.17, 15) is 0 Å². The highest BCUT2D eigenvalue weighted by Gasteiger charge is 2.17. The fourth-order valence-corrected chi connectivity index (χ4v) is 1.69. The van der Waals surface area contributed by atoms with Crippen molar-refractivity contribution in [3.8, 4) is 0 Å². The van der Waals surface area contributed by atoms with E-state index in [4.69, 9.17) is 0 Å². The number of hydrogen-bond donors (Lipinski definition) is 1. The second-order valence-electron chi connectivity index (χ2n) is 3.50. The van der Waals surface area contributed by atoms with Crippen molar-refractivity contribution in [2.45, 2.75) is 13.0 Å². The molecule has 0 aliphatic heterocycles. The second-order valence-corrected chi connectivity index (χ2v) is 3.50. The molecule has 0 aliphatic carbocycles. The van der Waals surface area contributed by atoms with E-state index < -0.39 is 0 Å². The summed E-state index contributed by atoms with van der Waals surface area (Å²) in [6.45, 7) is 2.94. The molecule has 0 amide bonds. The monoisotopic (exact) mass is 217 g/mol. The van der Waals surface area contributed by atoms with Gasteiger partial charge in [-0.15, -0.1) is 0 Å². The van der Waals surface area contributed by atoms with Crippen LogP contribution in [0.4, 0.5) is 0 Å². The lowest BCUT2D eigenvalue weighted by molar-refractivity contribution is 0.560. The Bertz CT molecular complexity index is 437. The number of nitrogens with one attached hydrogen (secondary N) is 1. The van der Waals surface area contributed by atoms with Gasteiger partial charge in [0.2, 0.25) is 0 Å². The summed E-state index contributed by atoms with van der Waals surface area (Å²) in [5.74, 6) is 0. The zero-order chi connectivity index (χ0) is 11.4. The highest BCUT2D eigenvalue weighted by molar-refractivity contribution is 5.19. The first-order chi connectivity index (χ1) is 7.83. The SMILES string of the molecule is CCNC(c1cnccn1)c1ccnn1C. The summed E-state index contributed by atoms with van der Waals surface area (Å²) >= 11 is 0. The van der Waals surface area contributed by atoms with Gasteiger partial charge in [-0.25, -0.2) is 0 Å². The molecule has 0 saturated carbocycles. The van der Waals surface area contributed by atoms with E-state index in [1.165, 1.54) is 0 Å². The summed E-state index contributed by atoms with van der Waals surface area (Å²) in [4.78, 5) is 8.42. The molecule has 0 radical (unpaired) electrons. The molecule has 2 rings (SSSR count). The Kier molecular flexibility index (Phi) is 3.26. The molecule has 5 heteroatoms. The van der Waals surface area contributed by atoms with Crippen LogP contribution in [-0.2, 0) is 7.05 Å². The zero-order valence-corrected chi connectivity index (χ0v) is 9.46. The van der Waals surface area contributed by atoms with E-state index in [1.54, 1.807) is 24.8 Å². The lowest BCUT2D eigenvalue weighted by Crippen LogP contribution is -2.25. The molecule has 0 saturated heterocycles. The summed E-state index contributed by atoms with van der Waals surface area (Å²) in [5.41, 5.74) is 2.00. The Labute approximate surface area is 94.5 Å². The van der Waals surface area contributed by atoms with Crippen molar-refractivity contribution in [3.63, 3.8) is 0 Å². The number of aromatic nitrogens is 4. The summed E-state index contributed by atoms with van der Waals surface area (Å²) in [7, 11) is 1.93. The van der Waals surface area contributed by atoms with Crippen molar-refractivity contribution in [1.82, 2.24) is 25.1 Å². The van der Waals surface area contributed by atoms with Gasteiger partial charge in [0.1, 0.15) is 0 Å². The standard InChI is InChI=1S/C11H15N5/c1-3-13-11(9-8-12-6-7-14-9)10-4-5-15-16(10)2/h4-8,11,13H,3H2,1-2H3. The van der Waals surface area contributed by atoms with Crippen molar-refractivity contribution < 1.29 is 0 Å². The maximum Gasteiger partial charge on any atom is 0.0937 e. The largest absolute Gasteiger partial charge is 0.304 e. The van der Waals surface area contributed by atoms with Gasteiger partial charge >= 0.3 is 0 Å². The molecule has 2 aromatic rings. The molecule has 2 aromatic heterocycles. The Morgan fingerprint density at radius 1 is 1.38 bits per heavy atom. The van der Waals surface area contributed by atoms with E-state index in [0.29, 0.717) is 0 Å². The summed E-state index contributed by atoms with van der Waals surface area (Å²) in [6, 6.07) is 2.04. The minimum Gasteiger partial charge on any atom is -0.304 e. The normalized spacial score (nSPS) is 12.6. The molecular formula is C11H15N5. The molecule has 2 heterocycles. The first-order valence-electron chi connectivity index (χ1n) is 5.30. The third-order valence-electron chi connectivity index (χ3n) is 2.44. The van der Waals surface area contributed by atoms with Gasteiger partial charge in [-0.05, 0) is 12.6 Å².